The van der Waals surface area contributed by atoms with Gasteiger partial charge in [0.05, 0.1) is 0 Å². The van der Waals surface area contributed by atoms with Crippen molar-refractivity contribution in [2.24, 2.45) is 5.92 Å². The molecule has 0 aliphatic heterocycles. The first-order valence-corrected chi connectivity index (χ1v) is 14.3. The maximum absolute atomic E-state index is 12.3. The van der Waals surface area contributed by atoms with E-state index in [1.165, 1.54) is 31.6 Å². The Morgan fingerprint density at radius 2 is 1.32 bits per heavy atom. The van der Waals surface area contributed by atoms with Crippen molar-refractivity contribution in [3.63, 3.8) is 0 Å². The fourth-order valence-electron chi connectivity index (χ4n) is 3.53. The largest absolute Gasteiger partial charge is 0.427 e. The number of ether oxygens (including phenoxy) is 3. The monoisotopic (exact) mass is 596 g/mol. The number of benzene rings is 3. The van der Waals surface area contributed by atoms with E-state index in [1.54, 1.807) is 36.4 Å². The lowest BCUT2D eigenvalue weighted by Gasteiger charge is -2.13. The number of aryl methyl sites for hydroxylation is 2. The molecule has 0 N–H and O–H groups in total. The summed E-state index contributed by atoms with van der Waals surface area (Å²) < 4.78 is 16.1. The fraction of sp³-hybridized carbons (Fsp3) is 0.243. The van der Waals surface area contributed by atoms with Gasteiger partial charge in [0.1, 0.15) is 5.75 Å². The summed E-state index contributed by atoms with van der Waals surface area (Å²) in [6, 6.07) is 19.8. The molecule has 0 bridgehead atoms. The minimum absolute atomic E-state index is 0.0710. The highest BCUT2D eigenvalue weighted by atomic mass is 16.6. The number of esters is 3. The van der Waals surface area contributed by atoms with E-state index >= 15 is 0 Å². The molecule has 0 heterocycles. The molecule has 1 atom stereocenters. The van der Waals surface area contributed by atoms with E-state index in [0.29, 0.717) is 17.7 Å². The van der Waals surface area contributed by atoms with E-state index in [0.717, 1.165) is 17.5 Å². The van der Waals surface area contributed by atoms with Gasteiger partial charge < -0.3 is 14.2 Å². The molecular formula is C37H40O7. The van der Waals surface area contributed by atoms with Crippen LogP contribution in [0.3, 0.4) is 0 Å². The summed E-state index contributed by atoms with van der Waals surface area (Å²) in [6.45, 7) is 19.5. The molecule has 44 heavy (non-hydrogen) atoms. The third-order valence-corrected chi connectivity index (χ3v) is 6.50. The third-order valence-electron chi connectivity index (χ3n) is 6.50. The van der Waals surface area contributed by atoms with Crippen LogP contribution in [0.1, 0.15) is 51.7 Å². The Kier molecular flexibility index (Phi) is 13.7. The second-order valence-corrected chi connectivity index (χ2v) is 10.4. The SMILES string of the molecule is C=C(C)C(=O)Oc1ccc(-c2ccc(OC(=O)CCc3ccc(C)cc3)cc2)cc1OC(=O)C(=C)C.C=CC(=O)C(C)CC. The Hall–Kier alpha value is -5.04. The van der Waals surface area contributed by atoms with Crippen molar-refractivity contribution >= 4 is 23.7 Å². The highest BCUT2D eigenvalue weighted by molar-refractivity contribution is 5.92. The lowest BCUT2D eigenvalue weighted by molar-refractivity contribution is -0.134. The van der Waals surface area contributed by atoms with Gasteiger partial charge in [-0.1, -0.05) is 81.6 Å². The number of allylic oxidation sites excluding steroid dienone is 1. The predicted octanol–water partition coefficient (Wildman–Crippen LogP) is 7.95. The average molecular weight is 597 g/mol. The topological polar surface area (TPSA) is 96.0 Å². The van der Waals surface area contributed by atoms with Gasteiger partial charge in [0.25, 0.3) is 0 Å². The Morgan fingerprint density at radius 3 is 1.82 bits per heavy atom. The molecule has 1 unspecified atom stereocenters. The van der Waals surface area contributed by atoms with Gasteiger partial charge in [0, 0.05) is 23.5 Å². The zero-order chi connectivity index (χ0) is 32.8. The molecular weight excluding hydrogens is 556 g/mol. The van der Waals surface area contributed by atoms with Crippen LogP contribution in [0.5, 0.6) is 17.2 Å². The minimum Gasteiger partial charge on any atom is -0.427 e. The number of rotatable bonds is 12. The van der Waals surface area contributed by atoms with Crippen molar-refractivity contribution in [1.29, 1.82) is 0 Å². The molecule has 3 rings (SSSR count). The molecule has 0 aliphatic rings. The molecule has 230 valence electrons. The lowest BCUT2D eigenvalue weighted by atomic mass is 10.0. The van der Waals surface area contributed by atoms with Gasteiger partial charge in [0.15, 0.2) is 17.3 Å². The highest BCUT2D eigenvalue weighted by Crippen LogP contribution is 2.34. The van der Waals surface area contributed by atoms with E-state index in [4.69, 9.17) is 14.2 Å². The van der Waals surface area contributed by atoms with Gasteiger partial charge >= 0.3 is 17.9 Å². The third kappa shape index (κ3) is 11.3. The maximum atomic E-state index is 12.3. The van der Waals surface area contributed by atoms with Crippen LogP contribution in [-0.4, -0.2) is 23.7 Å². The van der Waals surface area contributed by atoms with Crippen LogP contribution in [-0.2, 0) is 25.6 Å². The van der Waals surface area contributed by atoms with Crippen molar-refractivity contribution in [1.82, 2.24) is 0 Å². The summed E-state index contributed by atoms with van der Waals surface area (Å²) in [6.07, 6.45) is 3.16. The number of hydrogen-bond acceptors (Lipinski definition) is 7. The van der Waals surface area contributed by atoms with Crippen LogP contribution in [0.15, 0.2) is 104 Å². The highest BCUT2D eigenvalue weighted by Gasteiger charge is 2.16. The average Bonchev–Trinajstić information content (AvgIpc) is 3.01. The van der Waals surface area contributed by atoms with Crippen molar-refractivity contribution in [2.75, 3.05) is 0 Å². The van der Waals surface area contributed by atoms with Crippen LogP contribution < -0.4 is 14.2 Å². The van der Waals surface area contributed by atoms with Crippen LogP contribution in [0, 0.1) is 12.8 Å². The van der Waals surface area contributed by atoms with Crippen LogP contribution in [0.4, 0.5) is 0 Å². The quantitative estimate of drug-likeness (QED) is 0.119. The lowest BCUT2D eigenvalue weighted by Crippen LogP contribution is -2.12. The molecule has 3 aromatic rings. The van der Waals surface area contributed by atoms with Crippen LogP contribution >= 0.6 is 0 Å². The van der Waals surface area contributed by atoms with Crippen LogP contribution in [0.2, 0.25) is 0 Å². The van der Waals surface area contributed by atoms with Gasteiger partial charge in [-0.05, 0) is 80.6 Å². The van der Waals surface area contributed by atoms with Crippen molar-refractivity contribution in [3.8, 4) is 28.4 Å². The molecule has 0 spiro atoms. The Bertz CT molecular complexity index is 1510. The molecule has 0 amide bonds. The molecule has 0 radical (unpaired) electrons. The van der Waals surface area contributed by atoms with Gasteiger partial charge in [-0.15, -0.1) is 0 Å². The Labute approximate surface area is 259 Å². The molecule has 0 fully saturated rings. The summed E-state index contributed by atoms with van der Waals surface area (Å²) in [5.74, 6) is -0.714. The summed E-state index contributed by atoms with van der Waals surface area (Å²) in [7, 11) is 0. The molecule has 0 saturated carbocycles. The Balaban J connectivity index is 0.000000742. The molecule has 0 aliphatic carbocycles. The smallest absolute Gasteiger partial charge is 0.338 e. The predicted molar refractivity (Wildman–Crippen MR) is 173 cm³/mol. The first-order chi connectivity index (χ1) is 20.8. The van der Waals surface area contributed by atoms with E-state index in [-0.39, 0.29) is 46.7 Å². The first-order valence-electron chi connectivity index (χ1n) is 14.3. The molecule has 0 saturated heterocycles. The van der Waals surface area contributed by atoms with E-state index < -0.39 is 11.9 Å². The van der Waals surface area contributed by atoms with Crippen LogP contribution in [0.25, 0.3) is 11.1 Å². The number of ketones is 1. The fourth-order valence-corrected chi connectivity index (χ4v) is 3.53. The van der Waals surface area contributed by atoms with Crippen molar-refractivity contribution < 1.29 is 33.4 Å². The summed E-state index contributed by atoms with van der Waals surface area (Å²) >= 11 is 0. The second-order valence-electron chi connectivity index (χ2n) is 10.4. The first kappa shape index (κ1) is 35.2. The van der Waals surface area contributed by atoms with E-state index in [1.807, 2.05) is 45.0 Å². The summed E-state index contributed by atoms with van der Waals surface area (Å²) in [4.78, 5) is 47.0. The van der Waals surface area contributed by atoms with Gasteiger partial charge in [-0.2, -0.15) is 0 Å². The molecule has 0 aromatic heterocycles. The van der Waals surface area contributed by atoms with E-state index in [9.17, 15) is 19.2 Å². The van der Waals surface area contributed by atoms with Gasteiger partial charge in [0.2, 0.25) is 0 Å². The molecule has 7 heteroatoms. The molecule has 3 aromatic carbocycles. The van der Waals surface area contributed by atoms with E-state index in [2.05, 4.69) is 19.7 Å². The normalized spacial score (nSPS) is 10.8. The summed E-state index contributed by atoms with van der Waals surface area (Å²) in [5, 5.41) is 0. The standard InChI is InChI=1S/C30H28O6.C7H12O/c1-19(2)29(32)35-26-16-13-24(18-27(26)36-30(33)20(3)4)23-11-14-25(15-12-23)34-28(31)17-10-22-8-6-21(5)7-9-22;1-4-6(3)7(8)5-2/h6-9,11-16,18H,1,3,10,17H2,2,4-5H3;5-6H,2,4H2,1,3H3. The zero-order valence-electron chi connectivity index (χ0n) is 26.1. The zero-order valence-corrected chi connectivity index (χ0v) is 26.1. The number of carbonyl (C=O) groups is 4. The van der Waals surface area contributed by atoms with Gasteiger partial charge in [-0.3, -0.25) is 9.59 Å². The number of hydrogen-bond donors (Lipinski definition) is 0. The van der Waals surface area contributed by atoms with Crippen molar-refractivity contribution in [2.45, 2.75) is 53.9 Å². The van der Waals surface area contributed by atoms with Gasteiger partial charge in [-0.25, -0.2) is 9.59 Å². The number of carbonyl (C=O) groups excluding carboxylic acids is 4. The summed E-state index contributed by atoms with van der Waals surface area (Å²) in [5.41, 5.74) is 4.14. The van der Waals surface area contributed by atoms with Crippen molar-refractivity contribution in [3.05, 3.63) is 115 Å². The maximum Gasteiger partial charge on any atom is 0.338 e. The minimum atomic E-state index is -0.646. The second kappa shape index (κ2) is 17.2. The molecule has 7 nitrogen and oxygen atoms in total. The Morgan fingerprint density at radius 1 is 0.773 bits per heavy atom.